The number of carboxylic acids is 1. The second kappa shape index (κ2) is 6.51. The number of rotatable bonds is 6. The maximum Gasteiger partial charge on any atom is 0.307 e. The molecule has 0 radical (unpaired) electrons. The third-order valence-corrected chi connectivity index (χ3v) is 2.80. The molecule has 1 aromatic heterocycles. The Morgan fingerprint density at radius 1 is 1.20 bits per heavy atom. The van der Waals surface area contributed by atoms with Gasteiger partial charge in [-0.1, -0.05) is 24.3 Å². The third-order valence-electron chi connectivity index (χ3n) is 2.80. The first kappa shape index (κ1) is 13.8. The lowest BCUT2D eigenvalue weighted by molar-refractivity contribution is -0.136. The first-order valence-corrected chi connectivity index (χ1v) is 6.18. The van der Waals surface area contributed by atoms with Crippen molar-refractivity contribution in [2.45, 2.75) is 19.5 Å². The summed E-state index contributed by atoms with van der Waals surface area (Å²) < 4.78 is 1.53. The van der Waals surface area contributed by atoms with Crippen molar-refractivity contribution in [1.82, 2.24) is 15.1 Å². The number of carboxylic acid groups (broad SMARTS) is 1. The zero-order valence-corrected chi connectivity index (χ0v) is 10.8. The molecular weight excluding hydrogens is 258 g/mol. The highest BCUT2D eigenvalue weighted by atomic mass is 16.4. The fraction of sp³-hybridized carbons (Fsp3) is 0.214. The Morgan fingerprint density at radius 2 is 1.95 bits per heavy atom. The molecule has 1 heterocycles. The van der Waals surface area contributed by atoms with Crippen LogP contribution in [0.4, 0.5) is 0 Å². The molecule has 0 saturated carbocycles. The van der Waals surface area contributed by atoms with Crippen molar-refractivity contribution in [2.24, 2.45) is 0 Å². The summed E-state index contributed by atoms with van der Waals surface area (Å²) in [6.07, 6.45) is 3.26. The summed E-state index contributed by atoms with van der Waals surface area (Å²) in [6.45, 7) is 0.456. The maximum atomic E-state index is 11.7. The number of hydrogen-bond donors (Lipinski definition) is 2. The van der Waals surface area contributed by atoms with E-state index in [9.17, 15) is 9.59 Å². The average Bonchev–Trinajstić information content (AvgIpc) is 2.90. The minimum atomic E-state index is -0.889. The molecule has 0 aliphatic heterocycles. The molecule has 0 aliphatic rings. The lowest BCUT2D eigenvalue weighted by atomic mass is 10.0. The Morgan fingerprint density at radius 3 is 2.60 bits per heavy atom. The standard InChI is InChI=1S/C14H15N3O3/c18-13(10-17-7-3-6-16-17)15-9-12-5-2-1-4-11(12)8-14(19)20/h1-7H,8-10H2,(H,15,18)(H,19,20). The number of aliphatic carboxylic acids is 1. The van der Waals surface area contributed by atoms with Gasteiger partial charge in [-0.25, -0.2) is 0 Å². The monoisotopic (exact) mass is 273 g/mol. The van der Waals surface area contributed by atoms with Gasteiger partial charge in [0.1, 0.15) is 6.54 Å². The van der Waals surface area contributed by atoms with Gasteiger partial charge in [-0.15, -0.1) is 0 Å². The molecule has 0 saturated heterocycles. The molecule has 0 aliphatic carbocycles. The van der Waals surface area contributed by atoms with Crippen LogP contribution in [0.1, 0.15) is 11.1 Å². The van der Waals surface area contributed by atoms with E-state index in [-0.39, 0.29) is 18.9 Å². The molecular formula is C14H15N3O3. The van der Waals surface area contributed by atoms with Crippen molar-refractivity contribution in [3.63, 3.8) is 0 Å². The highest BCUT2D eigenvalue weighted by Gasteiger charge is 2.08. The lowest BCUT2D eigenvalue weighted by Gasteiger charge is -2.09. The van der Waals surface area contributed by atoms with E-state index in [1.165, 1.54) is 4.68 Å². The van der Waals surface area contributed by atoms with E-state index in [2.05, 4.69) is 10.4 Å². The maximum absolute atomic E-state index is 11.7. The smallest absolute Gasteiger partial charge is 0.307 e. The summed E-state index contributed by atoms with van der Waals surface area (Å²) in [7, 11) is 0. The van der Waals surface area contributed by atoms with Gasteiger partial charge in [0, 0.05) is 18.9 Å². The Labute approximate surface area is 116 Å². The number of benzene rings is 1. The summed E-state index contributed by atoms with van der Waals surface area (Å²) in [6, 6.07) is 8.92. The van der Waals surface area contributed by atoms with E-state index in [0.29, 0.717) is 12.1 Å². The van der Waals surface area contributed by atoms with Crippen molar-refractivity contribution in [3.05, 3.63) is 53.9 Å². The molecule has 0 atom stereocenters. The Kier molecular flexibility index (Phi) is 4.49. The number of nitrogens with one attached hydrogen (secondary N) is 1. The van der Waals surface area contributed by atoms with E-state index in [0.717, 1.165) is 5.56 Å². The van der Waals surface area contributed by atoms with Gasteiger partial charge in [0.15, 0.2) is 0 Å². The van der Waals surface area contributed by atoms with Gasteiger partial charge >= 0.3 is 5.97 Å². The van der Waals surface area contributed by atoms with Gasteiger partial charge in [0.05, 0.1) is 6.42 Å². The molecule has 6 heteroatoms. The zero-order valence-electron chi connectivity index (χ0n) is 10.8. The second-order valence-electron chi connectivity index (χ2n) is 4.32. The molecule has 0 unspecified atom stereocenters. The number of nitrogens with zero attached hydrogens (tertiary/aromatic N) is 2. The lowest BCUT2D eigenvalue weighted by Crippen LogP contribution is -2.27. The summed E-state index contributed by atoms with van der Waals surface area (Å²) in [5.41, 5.74) is 1.52. The summed E-state index contributed by atoms with van der Waals surface area (Å²) in [4.78, 5) is 22.5. The molecule has 104 valence electrons. The molecule has 6 nitrogen and oxygen atoms in total. The SMILES string of the molecule is O=C(O)Cc1ccccc1CNC(=O)Cn1cccn1. The van der Waals surface area contributed by atoms with Crippen molar-refractivity contribution < 1.29 is 14.7 Å². The number of amides is 1. The second-order valence-corrected chi connectivity index (χ2v) is 4.32. The molecule has 20 heavy (non-hydrogen) atoms. The molecule has 1 aromatic carbocycles. The van der Waals surface area contributed by atoms with E-state index in [1.807, 2.05) is 12.1 Å². The predicted molar refractivity (Wildman–Crippen MR) is 71.9 cm³/mol. The number of carbonyl (C=O) groups is 2. The van der Waals surface area contributed by atoms with Crippen LogP contribution < -0.4 is 5.32 Å². The zero-order chi connectivity index (χ0) is 14.4. The minimum Gasteiger partial charge on any atom is -0.481 e. The van der Waals surface area contributed by atoms with Crippen LogP contribution in [0.15, 0.2) is 42.7 Å². The van der Waals surface area contributed by atoms with Crippen LogP contribution in [0.25, 0.3) is 0 Å². The topological polar surface area (TPSA) is 84.2 Å². The van der Waals surface area contributed by atoms with Crippen LogP contribution in [-0.2, 0) is 29.1 Å². The van der Waals surface area contributed by atoms with Gasteiger partial charge in [-0.2, -0.15) is 5.10 Å². The normalized spacial score (nSPS) is 10.2. The largest absolute Gasteiger partial charge is 0.481 e. The van der Waals surface area contributed by atoms with Crippen molar-refractivity contribution in [1.29, 1.82) is 0 Å². The number of aromatic nitrogens is 2. The molecule has 2 N–H and O–H groups in total. The van der Waals surface area contributed by atoms with Gasteiger partial charge in [-0.3, -0.25) is 14.3 Å². The molecule has 2 aromatic rings. The first-order chi connectivity index (χ1) is 9.65. The fourth-order valence-corrected chi connectivity index (χ4v) is 1.86. The highest BCUT2D eigenvalue weighted by molar-refractivity contribution is 5.75. The van der Waals surface area contributed by atoms with Gasteiger partial charge < -0.3 is 10.4 Å². The van der Waals surface area contributed by atoms with Crippen LogP contribution in [0.3, 0.4) is 0 Å². The summed E-state index contributed by atoms with van der Waals surface area (Å²) in [5.74, 6) is -1.06. The third kappa shape index (κ3) is 3.94. The van der Waals surface area contributed by atoms with Crippen LogP contribution in [0, 0.1) is 0 Å². The van der Waals surface area contributed by atoms with Gasteiger partial charge in [0.25, 0.3) is 0 Å². The van der Waals surface area contributed by atoms with Crippen molar-refractivity contribution in [3.8, 4) is 0 Å². The van der Waals surface area contributed by atoms with Crippen LogP contribution in [0.5, 0.6) is 0 Å². The van der Waals surface area contributed by atoms with Gasteiger partial charge in [-0.05, 0) is 17.2 Å². The number of carbonyl (C=O) groups excluding carboxylic acids is 1. The van der Waals surface area contributed by atoms with Crippen molar-refractivity contribution >= 4 is 11.9 Å². The highest BCUT2D eigenvalue weighted by Crippen LogP contribution is 2.09. The Hall–Kier alpha value is -2.63. The first-order valence-electron chi connectivity index (χ1n) is 6.18. The van der Waals surface area contributed by atoms with E-state index in [1.54, 1.807) is 30.6 Å². The molecule has 0 spiro atoms. The predicted octanol–water partition coefficient (Wildman–Crippen LogP) is 0.827. The Balaban J connectivity index is 1.93. The van der Waals surface area contributed by atoms with Crippen molar-refractivity contribution in [2.75, 3.05) is 0 Å². The molecule has 1 amide bonds. The summed E-state index contributed by atoms with van der Waals surface area (Å²) in [5, 5.41) is 15.5. The van der Waals surface area contributed by atoms with Crippen LogP contribution in [0.2, 0.25) is 0 Å². The molecule has 2 rings (SSSR count). The van der Waals surface area contributed by atoms with Crippen LogP contribution >= 0.6 is 0 Å². The molecule has 0 fully saturated rings. The quantitative estimate of drug-likeness (QED) is 0.816. The van der Waals surface area contributed by atoms with E-state index >= 15 is 0 Å². The minimum absolute atomic E-state index is 0.0504. The average molecular weight is 273 g/mol. The fourth-order valence-electron chi connectivity index (χ4n) is 1.86. The number of hydrogen-bond acceptors (Lipinski definition) is 3. The Bertz CT molecular complexity index is 593. The van der Waals surface area contributed by atoms with E-state index < -0.39 is 5.97 Å². The molecule has 0 bridgehead atoms. The van der Waals surface area contributed by atoms with E-state index in [4.69, 9.17) is 5.11 Å². The van der Waals surface area contributed by atoms with Crippen LogP contribution in [-0.4, -0.2) is 26.8 Å². The summed E-state index contributed by atoms with van der Waals surface area (Å²) >= 11 is 0. The van der Waals surface area contributed by atoms with Gasteiger partial charge in [0.2, 0.25) is 5.91 Å².